The zero-order chi connectivity index (χ0) is 16.4. The van der Waals surface area contributed by atoms with E-state index in [0.29, 0.717) is 17.8 Å². The number of anilines is 1. The molecule has 5 rings (SSSR count). The van der Waals surface area contributed by atoms with Crippen LogP contribution in [0.3, 0.4) is 0 Å². The summed E-state index contributed by atoms with van der Waals surface area (Å²) in [6.07, 6.45) is 5.01. The number of aliphatic hydroxyl groups is 1. The lowest BCUT2D eigenvalue weighted by Gasteiger charge is -2.29. The number of aliphatic hydroxyl groups excluding tert-OH is 1. The minimum Gasteiger partial charge on any atom is -0.495 e. The lowest BCUT2D eigenvalue weighted by atomic mass is 9.88. The highest BCUT2D eigenvalue weighted by Gasteiger charge is 2.60. The van der Waals surface area contributed by atoms with Gasteiger partial charge in [0.05, 0.1) is 24.9 Å². The number of rotatable bonds is 2. The van der Waals surface area contributed by atoms with Gasteiger partial charge in [0.25, 0.3) is 0 Å². The van der Waals surface area contributed by atoms with Gasteiger partial charge >= 0.3 is 6.03 Å². The monoisotopic (exact) mass is 328 g/mol. The summed E-state index contributed by atoms with van der Waals surface area (Å²) in [7, 11) is 1.65. The Morgan fingerprint density at radius 3 is 2.96 bits per heavy atom. The lowest BCUT2D eigenvalue weighted by Crippen LogP contribution is -2.45. The molecule has 5 nitrogen and oxygen atoms in total. The number of hydrogen-bond acceptors (Lipinski definition) is 3. The molecule has 2 amide bonds. The second-order valence-corrected chi connectivity index (χ2v) is 7.85. The third-order valence-electron chi connectivity index (χ3n) is 6.81. The van der Waals surface area contributed by atoms with Gasteiger partial charge < -0.3 is 20.1 Å². The van der Waals surface area contributed by atoms with Crippen molar-refractivity contribution in [1.82, 2.24) is 4.90 Å². The van der Waals surface area contributed by atoms with Crippen molar-refractivity contribution in [3.8, 4) is 5.75 Å². The predicted octanol–water partition coefficient (Wildman–Crippen LogP) is 2.42. The van der Waals surface area contributed by atoms with Crippen LogP contribution in [0.4, 0.5) is 10.5 Å². The van der Waals surface area contributed by atoms with Crippen molar-refractivity contribution in [3.63, 3.8) is 0 Å². The first kappa shape index (κ1) is 14.6. The Hall–Kier alpha value is -1.75. The van der Waals surface area contributed by atoms with Crippen LogP contribution in [-0.4, -0.2) is 41.8 Å². The van der Waals surface area contributed by atoms with E-state index in [2.05, 4.69) is 11.4 Å². The molecular formula is C19H24N2O3. The quantitative estimate of drug-likeness (QED) is 0.876. The molecule has 1 aliphatic heterocycles. The first-order valence-electron chi connectivity index (χ1n) is 9.12. The topological polar surface area (TPSA) is 61.8 Å². The highest BCUT2D eigenvalue weighted by Crippen LogP contribution is 2.55. The van der Waals surface area contributed by atoms with Crippen LogP contribution < -0.4 is 10.1 Å². The average molecular weight is 328 g/mol. The molecule has 0 aromatic heterocycles. The number of nitrogens with zero attached hydrogens (tertiary/aromatic N) is 1. The molecule has 0 spiro atoms. The summed E-state index contributed by atoms with van der Waals surface area (Å²) in [6.45, 7) is 0.784. The van der Waals surface area contributed by atoms with Gasteiger partial charge in [-0.3, -0.25) is 0 Å². The number of nitrogens with one attached hydrogen (secondary N) is 1. The van der Waals surface area contributed by atoms with Gasteiger partial charge in [-0.1, -0.05) is 6.07 Å². The van der Waals surface area contributed by atoms with Crippen molar-refractivity contribution < 1.29 is 14.6 Å². The highest BCUT2D eigenvalue weighted by atomic mass is 16.5. The van der Waals surface area contributed by atoms with E-state index in [0.717, 1.165) is 50.1 Å². The fourth-order valence-corrected chi connectivity index (χ4v) is 5.78. The summed E-state index contributed by atoms with van der Waals surface area (Å²) in [5, 5.41) is 13.6. The summed E-state index contributed by atoms with van der Waals surface area (Å²) in [6, 6.07) is 4.00. The zero-order valence-corrected chi connectivity index (χ0v) is 14.0. The molecule has 5 heteroatoms. The molecule has 2 bridgehead atoms. The Labute approximate surface area is 142 Å². The summed E-state index contributed by atoms with van der Waals surface area (Å²) in [5.74, 6) is 2.21. The number of benzene rings is 1. The normalized spacial score (nSPS) is 35.4. The second-order valence-electron chi connectivity index (χ2n) is 7.85. The molecule has 1 heterocycles. The number of ether oxygens (including phenoxy) is 1. The van der Waals surface area contributed by atoms with E-state index >= 15 is 0 Å². The fourth-order valence-electron chi connectivity index (χ4n) is 5.78. The van der Waals surface area contributed by atoms with Gasteiger partial charge in [-0.25, -0.2) is 4.79 Å². The first-order chi connectivity index (χ1) is 11.7. The number of aryl methyl sites for hydroxylation is 1. The number of methoxy groups -OCH3 is 1. The smallest absolute Gasteiger partial charge is 0.322 e. The van der Waals surface area contributed by atoms with Gasteiger partial charge in [0.1, 0.15) is 5.75 Å². The Kier molecular flexibility index (Phi) is 3.11. The molecule has 3 aliphatic carbocycles. The largest absolute Gasteiger partial charge is 0.495 e. The summed E-state index contributed by atoms with van der Waals surface area (Å²) >= 11 is 0. The molecular weight excluding hydrogens is 304 g/mol. The van der Waals surface area contributed by atoms with Gasteiger partial charge in [0.15, 0.2) is 0 Å². The molecule has 3 fully saturated rings. The van der Waals surface area contributed by atoms with Gasteiger partial charge in [0, 0.05) is 6.54 Å². The maximum Gasteiger partial charge on any atom is 0.322 e. The van der Waals surface area contributed by atoms with Gasteiger partial charge in [0.2, 0.25) is 0 Å². The number of likely N-dealkylation sites (tertiary alicyclic amines) is 1. The van der Waals surface area contributed by atoms with Crippen molar-refractivity contribution >= 4 is 11.7 Å². The number of carbonyl (C=O) groups is 1. The average Bonchev–Trinajstić information content (AvgIpc) is 3.30. The minimum absolute atomic E-state index is 0.0107. The minimum atomic E-state index is -0.345. The highest BCUT2D eigenvalue weighted by molar-refractivity contribution is 5.93. The lowest BCUT2D eigenvalue weighted by molar-refractivity contribution is 0.0631. The van der Waals surface area contributed by atoms with Crippen molar-refractivity contribution in [1.29, 1.82) is 0 Å². The van der Waals surface area contributed by atoms with Gasteiger partial charge in [-0.05, 0) is 67.1 Å². The van der Waals surface area contributed by atoms with Crippen LogP contribution in [0, 0.1) is 17.8 Å². The molecule has 2 saturated carbocycles. The molecule has 128 valence electrons. The summed E-state index contributed by atoms with van der Waals surface area (Å²) in [5.41, 5.74) is 3.36. The maximum atomic E-state index is 13.0. The van der Waals surface area contributed by atoms with Crippen LogP contribution in [0.25, 0.3) is 0 Å². The molecule has 0 radical (unpaired) electrons. The van der Waals surface area contributed by atoms with E-state index in [1.807, 2.05) is 11.0 Å². The first-order valence-corrected chi connectivity index (χ1v) is 9.12. The molecule has 1 aromatic carbocycles. The Morgan fingerprint density at radius 1 is 1.29 bits per heavy atom. The van der Waals surface area contributed by atoms with Crippen molar-refractivity contribution in [3.05, 3.63) is 23.3 Å². The van der Waals surface area contributed by atoms with Crippen LogP contribution in [-0.2, 0) is 12.8 Å². The van der Waals surface area contributed by atoms with Crippen LogP contribution in [0.2, 0.25) is 0 Å². The van der Waals surface area contributed by atoms with E-state index in [9.17, 15) is 9.90 Å². The van der Waals surface area contributed by atoms with Crippen LogP contribution in [0.1, 0.15) is 30.4 Å². The Bertz CT molecular complexity index is 702. The molecule has 1 aromatic rings. The van der Waals surface area contributed by atoms with Crippen LogP contribution in [0.15, 0.2) is 12.1 Å². The molecule has 1 saturated heterocycles. The number of hydrogen-bond donors (Lipinski definition) is 2. The number of amides is 2. The van der Waals surface area contributed by atoms with Crippen molar-refractivity contribution in [2.24, 2.45) is 17.8 Å². The van der Waals surface area contributed by atoms with Gasteiger partial charge in [-0.2, -0.15) is 0 Å². The Morgan fingerprint density at radius 2 is 2.17 bits per heavy atom. The Balaban J connectivity index is 1.43. The van der Waals surface area contributed by atoms with Crippen molar-refractivity contribution in [2.45, 2.75) is 44.2 Å². The van der Waals surface area contributed by atoms with E-state index in [1.54, 1.807) is 7.11 Å². The molecule has 5 atom stereocenters. The zero-order valence-electron chi connectivity index (χ0n) is 14.0. The summed E-state index contributed by atoms with van der Waals surface area (Å²) in [4.78, 5) is 14.9. The van der Waals surface area contributed by atoms with Gasteiger partial charge in [-0.15, -0.1) is 0 Å². The fraction of sp³-hybridized carbons (Fsp3) is 0.632. The SMILES string of the molecule is COc1ccc2c(c1NC(=O)N1C[C@@H]3C[C@H]4C[C@H]3[C@H]1[C@H]4O)CCC2. The predicted molar refractivity (Wildman–Crippen MR) is 90.2 cm³/mol. The van der Waals surface area contributed by atoms with Crippen LogP contribution in [0.5, 0.6) is 5.75 Å². The maximum absolute atomic E-state index is 13.0. The molecule has 24 heavy (non-hydrogen) atoms. The summed E-state index contributed by atoms with van der Waals surface area (Å²) < 4.78 is 5.49. The molecule has 4 aliphatic rings. The van der Waals surface area contributed by atoms with Crippen LogP contribution >= 0.6 is 0 Å². The standard InChI is InChI=1S/C19H24N2O3/c1-24-15-6-5-10-3-2-4-13(10)16(15)20-19(23)21-9-12-7-11-8-14(12)17(21)18(11)22/h5-6,11-12,14,17-18,22H,2-4,7-9H2,1H3,(H,20,23)/t11-,12-,14+,17-,18-/m0/s1. The van der Waals surface area contributed by atoms with Crippen molar-refractivity contribution in [2.75, 3.05) is 19.0 Å². The number of fused-ring (bicyclic) bond motifs is 2. The number of carbonyl (C=O) groups excluding carboxylic acids is 1. The van der Waals surface area contributed by atoms with E-state index < -0.39 is 0 Å². The third kappa shape index (κ3) is 1.88. The third-order valence-corrected chi connectivity index (χ3v) is 6.81. The second kappa shape index (κ2) is 5.12. The van der Waals surface area contributed by atoms with E-state index in [1.165, 1.54) is 11.1 Å². The molecule has 0 unspecified atom stereocenters. The van der Waals surface area contributed by atoms with E-state index in [-0.39, 0.29) is 18.2 Å². The molecule has 2 N–H and O–H groups in total. The van der Waals surface area contributed by atoms with E-state index in [4.69, 9.17) is 4.74 Å². The number of urea groups is 1.